The maximum Gasteiger partial charge on any atom is 0.170 e. The molecule has 0 bridgehead atoms. The highest BCUT2D eigenvalue weighted by Gasteiger charge is 2.15. The molecule has 17 heavy (non-hydrogen) atoms. The zero-order valence-electron chi connectivity index (χ0n) is 10.5. The second kappa shape index (κ2) is 5.50. The molecule has 1 aliphatic rings. The number of aryl methyl sites for hydroxylation is 2. The molecule has 1 aliphatic carbocycles. The van der Waals surface area contributed by atoms with E-state index in [4.69, 9.17) is 12.2 Å². The van der Waals surface area contributed by atoms with Gasteiger partial charge in [-0.3, -0.25) is 0 Å². The van der Waals surface area contributed by atoms with Gasteiger partial charge < -0.3 is 10.6 Å². The molecule has 0 heterocycles. The quantitative estimate of drug-likeness (QED) is 0.783. The first-order valence-electron chi connectivity index (χ1n) is 6.30. The average Bonchev–Trinajstić information content (AvgIpc) is 2.76. The van der Waals surface area contributed by atoms with Gasteiger partial charge in [-0.05, 0) is 62.2 Å². The van der Waals surface area contributed by atoms with Crippen LogP contribution in [0.1, 0.15) is 36.8 Å². The summed E-state index contributed by atoms with van der Waals surface area (Å²) in [5.74, 6) is 0. The summed E-state index contributed by atoms with van der Waals surface area (Å²) in [5.41, 5.74) is 3.67. The second-order valence-electron chi connectivity index (χ2n) is 4.88. The van der Waals surface area contributed by atoms with Crippen molar-refractivity contribution in [3.05, 3.63) is 29.3 Å². The normalized spacial score (nSPS) is 15.9. The van der Waals surface area contributed by atoms with Crippen LogP contribution in [0.25, 0.3) is 0 Å². The monoisotopic (exact) mass is 248 g/mol. The number of nitrogens with one attached hydrogen (secondary N) is 2. The van der Waals surface area contributed by atoms with Crippen LogP contribution in [0.2, 0.25) is 0 Å². The lowest BCUT2D eigenvalue weighted by Gasteiger charge is -2.16. The van der Waals surface area contributed by atoms with E-state index in [1.807, 2.05) is 0 Å². The summed E-state index contributed by atoms with van der Waals surface area (Å²) in [7, 11) is 0. The summed E-state index contributed by atoms with van der Waals surface area (Å²) in [5, 5.41) is 7.39. The fourth-order valence-corrected chi connectivity index (χ4v) is 2.53. The van der Waals surface area contributed by atoms with E-state index in [-0.39, 0.29) is 0 Å². The molecule has 0 radical (unpaired) electrons. The molecule has 2 nitrogen and oxygen atoms in total. The van der Waals surface area contributed by atoms with Crippen LogP contribution in [-0.2, 0) is 0 Å². The molecule has 0 spiro atoms. The zero-order chi connectivity index (χ0) is 12.3. The standard InChI is InChI=1S/C14H20N2S/c1-10-7-8-13(9-11(10)2)16-14(17)15-12-5-3-4-6-12/h7-9,12H,3-6H2,1-2H3,(H2,15,16,17). The summed E-state index contributed by atoms with van der Waals surface area (Å²) in [6.45, 7) is 4.24. The third-order valence-corrected chi connectivity index (χ3v) is 3.68. The lowest BCUT2D eigenvalue weighted by molar-refractivity contribution is 0.634. The minimum absolute atomic E-state index is 0.571. The minimum Gasteiger partial charge on any atom is -0.360 e. The first-order valence-corrected chi connectivity index (χ1v) is 6.71. The van der Waals surface area contributed by atoms with Gasteiger partial charge in [0.2, 0.25) is 0 Å². The van der Waals surface area contributed by atoms with Gasteiger partial charge in [0.1, 0.15) is 0 Å². The molecule has 0 atom stereocenters. The molecule has 0 aliphatic heterocycles. The van der Waals surface area contributed by atoms with Crippen molar-refractivity contribution in [3.63, 3.8) is 0 Å². The van der Waals surface area contributed by atoms with Crippen molar-refractivity contribution in [2.24, 2.45) is 0 Å². The zero-order valence-corrected chi connectivity index (χ0v) is 11.4. The van der Waals surface area contributed by atoms with Crippen molar-refractivity contribution in [1.82, 2.24) is 5.32 Å². The Bertz CT molecular complexity index is 409. The van der Waals surface area contributed by atoms with Crippen LogP contribution in [0.4, 0.5) is 5.69 Å². The molecule has 1 aromatic carbocycles. The maximum atomic E-state index is 5.33. The van der Waals surface area contributed by atoms with Crippen LogP contribution in [0.5, 0.6) is 0 Å². The Labute approximate surface area is 109 Å². The Hall–Kier alpha value is -1.09. The van der Waals surface area contributed by atoms with Crippen molar-refractivity contribution >= 4 is 23.0 Å². The fraction of sp³-hybridized carbons (Fsp3) is 0.500. The van der Waals surface area contributed by atoms with Gasteiger partial charge in [-0.25, -0.2) is 0 Å². The topological polar surface area (TPSA) is 24.1 Å². The predicted octanol–water partition coefficient (Wildman–Crippen LogP) is 3.53. The molecule has 1 saturated carbocycles. The minimum atomic E-state index is 0.571. The van der Waals surface area contributed by atoms with Crippen LogP contribution in [0, 0.1) is 13.8 Å². The van der Waals surface area contributed by atoms with Crippen molar-refractivity contribution in [3.8, 4) is 0 Å². The maximum absolute atomic E-state index is 5.33. The van der Waals surface area contributed by atoms with E-state index in [0.717, 1.165) is 10.8 Å². The van der Waals surface area contributed by atoms with Crippen LogP contribution >= 0.6 is 12.2 Å². The van der Waals surface area contributed by atoms with Gasteiger partial charge in [0.25, 0.3) is 0 Å². The molecular weight excluding hydrogens is 228 g/mol. The number of hydrogen-bond donors (Lipinski definition) is 2. The molecule has 0 unspecified atom stereocenters. The van der Waals surface area contributed by atoms with E-state index in [2.05, 4.69) is 42.7 Å². The fourth-order valence-electron chi connectivity index (χ4n) is 2.24. The molecule has 1 aromatic rings. The van der Waals surface area contributed by atoms with Crippen molar-refractivity contribution in [2.45, 2.75) is 45.6 Å². The summed E-state index contributed by atoms with van der Waals surface area (Å²) < 4.78 is 0. The average molecular weight is 248 g/mol. The predicted molar refractivity (Wildman–Crippen MR) is 77.5 cm³/mol. The first kappa shape index (κ1) is 12.4. The summed E-state index contributed by atoms with van der Waals surface area (Å²) in [6.07, 6.45) is 5.14. The van der Waals surface area contributed by atoms with Crippen LogP contribution < -0.4 is 10.6 Å². The third-order valence-electron chi connectivity index (χ3n) is 3.46. The Kier molecular flexibility index (Phi) is 4.00. The Morgan fingerprint density at radius 3 is 2.53 bits per heavy atom. The number of thiocarbonyl (C=S) groups is 1. The Morgan fingerprint density at radius 1 is 1.18 bits per heavy atom. The van der Waals surface area contributed by atoms with Crippen LogP contribution in [-0.4, -0.2) is 11.2 Å². The molecule has 2 N–H and O–H groups in total. The van der Waals surface area contributed by atoms with Gasteiger partial charge in [0.05, 0.1) is 0 Å². The van der Waals surface area contributed by atoms with E-state index in [0.29, 0.717) is 6.04 Å². The molecule has 1 fully saturated rings. The van der Waals surface area contributed by atoms with Crippen LogP contribution in [0.3, 0.4) is 0 Å². The Balaban J connectivity index is 1.90. The number of rotatable bonds is 2. The highest BCUT2D eigenvalue weighted by molar-refractivity contribution is 7.80. The highest BCUT2D eigenvalue weighted by Crippen LogP contribution is 2.18. The first-order chi connectivity index (χ1) is 8.15. The number of hydrogen-bond acceptors (Lipinski definition) is 1. The van der Waals surface area contributed by atoms with Gasteiger partial charge in [-0.15, -0.1) is 0 Å². The van der Waals surface area contributed by atoms with E-state index >= 15 is 0 Å². The van der Waals surface area contributed by atoms with Gasteiger partial charge in [-0.2, -0.15) is 0 Å². The van der Waals surface area contributed by atoms with E-state index in [1.165, 1.54) is 36.8 Å². The summed E-state index contributed by atoms with van der Waals surface area (Å²) in [4.78, 5) is 0. The van der Waals surface area contributed by atoms with Crippen LogP contribution in [0.15, 0.2) is 18.2 Å². The Morgan fingerprint density at radius 2 is 1.88 bits per heavy atom. The SMILES string of the molecule is Cc1ccc(NC(=S)NC2CCCC2)cc1C. The van der Waals surface area contributed by atoms with E-state index in [1.54, 1.807) is 0 Å². The van der Waals surface area contributed by atoms with Crippen molar-refractivity contribution < 1.29 is 0 Å². The van der Waals surface area contributed by atoms with Crippen molar-refractivity contribution in [2.75, 3.05) is 5.32 Å². The molecule has 0 aromatic heterocycles. The molecule has 0 amide bonds. The molecular formula is C14H20N2S. The summed E-state index contributed by atoms with van der Waals surface area (Å²) in [6, 6.07) is 6.90. The number of anilines is 1. The van der Waals surface area contributed by atoms with Crippen molar-refractivity contribution in [1.29, 1.82) is 0 Å². The van der Waals surface area contributed by atoms with Gasteiger partial charge in [-0.1, -0.05) is 18.9 Å². The number of benzene rings is 1. The molecule has 3 heteroatoms. The largest absolute Gasteiger partial charge is 0.360 e. The van der Waals surface area contributed by atoms with E-state index in [9.17, 15) is 0 Å². The summed E-state index contributed by atoms with van der Waals surface area (Å²) >= 11 is 5.33. The smallest absolute Gasteiger partial charge is 0.170 e. The van der Waals surface area contributed by atoms with E-state index < -0.39 is 0 Å². The molecule has 0 saturated heterocycles. The highest BCUT2D eigenvalue weighted by atomic mass is 32.1. The third kappa shape index (κ3) is 3.43. The lowest BCUT2D eigenvalue weighted by Crippen LogP contribution is -2.35. The van der Waals surface area contributed by atoms with Gasteiger partial charge in [0.15, 0.2) is 5.11 Å². The van der Waals surface area contributed by atoms with Gasteiger partial charge in [0, 0.05) is 11.7 Å². The second-order valence-corrected chi connectivity index (χ2v) is 5.29. The lowest BCUT2D eigenvalue weighted by atomic mass is 10.1. The molecule has 2 rings (SSSR count). The molecule has 92 valence electrons. The van der Waals surface area contributed by atoms with Gasteiger partial charge >= 0.3 is 0 Å².